The minimum Gasteiger partial charge on any atom is -0.444 e. The largest absolute Gasteiger partial charge is 0.444 e. The van der Waals surface area contributed by atoms with E-state index in [-0.39, 0.29) is 6.09 Å². The third-order valence-corrected chi connectivity index (χ3v) is 3.32. The van der Waals surface area contributed by atoms with Crippen LogP contribution in [-0.4, -0.2) is 41.8 Å². The molecule has 0 aromatic carbocycles. The van der Waals surface area contributed by atoms with Gasteiger partial charge in [0.15, 0.2) is 0 Å². The van der Waals surface area contributed by atoms with Gasteiger partial charge in [0.2, 0.25) is 0 Å². The Hall–Kier alpha value is -1.03. The normalized spacial score (nSPS) is 24.8. The molecule has 1 aliphatic heterocycles. The first-order valence-electron chi connectivity index (χ1n) is 6.83. The molecule has 1 unspecified atom stereocenters. The maximum absolute atomic E-state index is 11.9. The Morgan fingerprint density at radius 1 is 1.28 bits per heavy atom. The topological polar surface area (TPSA) is 41.6 Å². The van der Waals surface area contributed by atoms with Gasteiger partial charge in [-0.3, -0.25) is 0 Å². The van der Waals surface area contributed by atoms with Gasteiger partial charge in [0.05, 0.1) is 0 Å². The van der Waals surface area contributed by atoms with Crippen molar-refractivity contribution in [1.82, 2.24) is 10.2 Å². The minimum atomic E-state index is -0.405. The summed E-state index contributed by atoms with van der Waals surface area (Å²) in [5.74, 6) is 0. The molecule has 1 fully saturated rings. The zero-order valence-electron chi connectivity index (χ0n) is 11.6. The second-order valence-electron chi connectivity index (χ2n) is 6.22. The third-order valence-electron chi connectivity index (χ3n) is 3.32. The van der Waals surface area contributed by atoms with E-state index in [9.17, 15) is 4.79 Å². The summed E-state index contributed by atoms with van der Waals surface area (Å²) in [6.07, 6.45) is 7.51. The summed E-state index contributed by atoms with van der Waals surface area (Å²) in [7, 11) is 0. The van der Waals surface area contributed by atoms with E-state index < -0.39 is 5.60 Å². The fourth-order valence-electron chi connectivity index (χ4n) is 2.48. The average molecular weight is 252 g/mol. The van der Waals surface area contributed by atoms with Gasteiger partial charge in [-0.1, -0.05) is 12.2 Å². The van der Waals surface area contributed by atoms with E-state index in [1.165, 1.54) is 0 Å². The molecule has 1 amide bonds. The molecule has 0 spiro atoms. The number of amides is 1. The Morgan fingerprint density at radius 3 is 2.56 bits per heavy atom. The van der Waals surface area contributed by atoms with Gasteiger partial charge in [-0.2, -0.15) is 0 Å². The summed E-state index contributed by atoms with van der Waals surface area (Å²) >= 11 is 0. The van der Waals surface area contributed by atoms with Crippen LogP contribution in [0.3, 0.4) is 0 Å². The Morgan fingerprint density at radius 2 is 1.94 bits per heavy atom. The molecule has 2 rings (SSSR count). The predicted molar refractivity (Wildman–Crippen MR) is 71.5 cm³/mol. The van der Waals surface area contributed by atoms with E-state index in [4.69, 9.17) is 4.74 Å². The molecule has 1 N–H and O–H groups in total. The van der Waals surface area contributed by atoms with Crippen LogP contribution in [0.15, 0.2) is 12.2 Å². The van der Waals surface area contributed by atoms with Crippen LogP contribution in [0.25, 0.3) is 0 Å². The van der Waals surface area contributed by atoms with E-state index in [0.717, 1.165) is 32.4 Å². The fraction of sp³-hybridized carbons (Fsp3) is 0.786. The molecule has 102 valence electrons. The van der Waals surface area contributed by atoms with Crippen molar-refractivity contribution in [3.63, 3.8) is 0 Å². The van der Waals surface area contributed by atoms with Crippen LogP contribution >= 0.6 is 0 Å². The molecule has 1 aliphatic carbocycles. The molecule has 0 radical (unpaired) electrons. The lowest BCUT2D eigenvalue weighted by Gasteiger charge is -2.25. The quantitative estimate of drug-likeness (QED) is 0.767. The predicted octanol–water partition coefficient (Wildman–Crippen LogP) is 2.30. The minimum absolute atomic E-state index is 0.184. The van der Waals surface area contributed by atoms with Crippen LogP contribution in [0.2, 0.25) is 0 Å². The van der Waals surface area contributed by atoms with Gasteiger partial charge in [0, 0.05) is 25.2 Å². The van der Waals surface area contributed by atoms with Gasteiger partial charge in [-0.25, -0.2) is 4.79 Å². The summed E-state index contributed by atoms with van der Waals surface area (Å²) in [5, 5.41) is 3.61. The van der Waals surface area contributed by atoms with Crippen molar-refractivity contribution in [2.75, 3.05) is 13.1 Å². The summed E-state index contributed by atoms with van der Waals surface area (Å²) in [6, 6.07) is 0.982. The lowest BCUT2D eigenvalue weighted by atomic mass is 10.2. The Kier molecular flexibility index (Phi) is 3.95. The first-order chi connectivity index (χ1) is 8.44. The van der Waals surface area contributed by atoms with E-state index in [2.05, 4.69) is 17.5 Å². The summed E-state index contributed by atoms with van der Waals surface area (Å²) in [5.41, 5.74) is -0.405. The van der Waals surface area contributed by atoms with E-state index in [0.29, 0.717) is 12.1 Å². The summed E-state index contributed by atoms with van der Waals surface area (Å²) < 4.78 is 5.39. The van der Waals surface area contributed by atoms with Gasteiger partial charge in [0.25, 0.3) is 0 Å². The zero-order valence-corrected chi connectivity index (χ0v) is 11.6. The number of hydrogen-bond donors (Lipinski definition) is 1. The van der Waals surface area contributed by atoms with Crippen LogP contribution in [0.5, 0.6) is 0 Å². The highest BCUT2D eigenvalue weighted by molar-refractivity contribution is 5.68. The average Bonchev–Trinajstić information content (AvgIpc) is 2.86. The van der Waals surface area contributed by atoms with Crippen molar-refractivity contribution in [1.29, 1.82) is 0 Å². The molecule has 1 heterocycles. The van der Waals surface area contributed by atoms with Crippen LogP contribution in [0.1, 0.15) is 40.0 Å². The van der Waals surface area contributed by atoms with Gasteiger partial charge in [-0.15, -0.1) is 0 Å². The molecule has 0 saturated carbocycles. The van der Waals surface area contributed by atoms with Gasteiger partial charge in [-0.05, 0) is 40.0 Å². The number of hydrogen-bond acceptors (Lipinski definition) is 3. The monoisotopic (exact) mass is 252 g/mol. The van der Waals surface area contributed by atoms with E-state index in [1.54, 1.807) is 0 Å². The first kappa shape index (κ1) is 13.4. The zero-order chi connectivity index (χ0) is 13.2. The standard InChI is InChI=1S/C14H24N2O2/c1-14(2,3)18-13(17)16-9-8-12(10-16)15-11-6-4-5-7-11/h4-5,11-12,15H,6-10H2,1-3H3. The second-order valence-corrected chi connectivity index (χ2v) is 6.22. The smallest absolute Gasteiger partial charge is 0.410 e. The van der Waals surface area contributed by atoms with Crippen molar-refractivity contribution in [2.24, 2.45) is 0 Å². The summed E-state index contributed by atoms with van der Waals surface area (Å²) in [6.45, 7) is 7.28. The number of carbonyl (C=O) groups is 1. The fourth-order valence-corrected chi connectivity index (χ4v) is 2.48. The molecule has 1 atom stereocenters. The van der Waals surface area contributed by atoms with Crippen molar-refractivity contribution in [2.45, 2.75) is 57.7 Å². The Labute approximate surface area is 109 Å². The highest BCUT2D eigenvalue weighted by Crippen LogP contribution is 2.17. The lowest BCUT2D eigenvalue weighted by molar-refractivity contribution is 0.0290. The molecule has 0 aromatic rings. The highest BCUT2D eigenvalue weighted by atomic mass is 16.6. The number of rotatable bonds is 2. The Balaban J connectivity index is 1.75. The summed E-state index contributed by atoms with van der Waals surface area (Å²) in [4.78, 5) is 13.7. The highest BCUT2D eigenvalue weighted by Gasteiger charge is 2.30. The molecule has 4 heteroatoms. The van der Waals surface area contributed by atoms with Crippen LogP contribution in [0.4, 0.5) is 4.79 Å². The Bertz CT molecular complexity index is 325. The molecular formula is C14H24N2O2. The molecule has 1 saturated heterocycles. The van der Waals surface area contributed by atoms with E-state index in [1.807, 2.05) is 25.7 Å². The molecule has 4 nitrogen and oxygen atoms in total. The van der Waals surface area contributed by atoms with Crippen molar-refractivity contribution in [3.05, 3.63) is 12.2 Å². The molecule has 18 heavy (non-hydrogen) atoms. The number of carbonyl (C=O) groups excluding carboxylic acids is 1. The van der Waals surface area contributed by atoms with Crippen molar-refractivity contribution in [3.8, 4) is 0 Å². The van der Waals surface area contributed by atoms with Gasteiger partial charge >= 0.3 is 6.09 Å². The first-order valence-corrected chi connectivity index (χ1v) is 6.83. The van der Waals surface area contributed by atoms with Crippen molar-refractivity contribution < 1.29 is 9.53 Å². The number of nitrogens with zero attached hydrogens (tertiary/aromatic N) is 1. The van der Waals surface area contributed by atoms with Crippen LogP contribution in [-0.2, 0) is 4.74 Å². The second kappa shape index (κ2) is 5.31. The molecule has 2 aliphatic rings. The van der Waals surface area contributed by atoms with Crippen LogP contribution in [0, 0.1) is 0 Å². The molecular weight excluding hydrogens is 228 g/mol. The van der Waals surface area contributed by atoms with Gasteiger partial charge in [0.1, 0.15) is 5.60 Å². The van der Waals surface area contributed by atoms with Crippen molar-refractivity contribution >= 4 is 6.09 Å². The molecule has 0 aromatic heterocycles. The third kappa shape index (κ3) is 3.73. The molecule has 0 bridgehead atoms. The number of nitrogens with one attached hydrogen (secondary N) is 1. The SMILES string of the molecule is CC(C)(C)OC(=O)N1CCC(NC2CC=CC2)C1. The van der Waals surface area contributed by atoms with Crippen LogP contribution < -0.4 is 5.32 Å². The number of likely N-dealkylation sites (tertiary alicyclic amines) is 1. The lowest BCUT2D eigenvalue weighted by Crippen LogP contribution is -2.41. The van der Waals surface area contributed by atoms with E-state index >= 15 is 0 Å². The van der Waals surface area contributed by atoms with Gasteiger partial charge < -0.3 is 15.0 Å². The maximum Gasteiger partial charge on any atom is 0.410 e. The number of ether oxygens (including phenoxy) is 1. The maximum atomic E-state index is 11.9.